The largest absolute Gasteiger partial charge is 0.370 e. The van der Waals surface area contributed by atoms with Crippen LogP contribution in [-0.2, 0) is 4.79 Å². The maximum absolute atomic E-state index is 12.2. The van der Waals surface area contributed by atoms with Crippen molar-refractivity contribution >= 4 is 5.91 Å². The van der Waals surface area contributed by atoms with Crippen molar-refractivity contribution in [2.75, 3.05) is 0 Å². The summed E-state index contributed by atoms with van der Waals surface area (Å²) in [6.45, 7) is 0. The number of primary amides is 1. The van der Waals surface area contributed by atoms with Crippen LogP contribution in [-0.4, -0.2) is 11.8 Å². The number of carbonyl (C=O) groups is 1. The third kappa shape index (κ3) is 2.44. The van der Waals surface area contributed by atoms with Crippen molar-refractivity contribution in [1.82, 2.24) is 0 Å². The average Bonchev–Trinajstić information content (AvgIpc) is 2.39. The zero-order valence-corrected chi connectivity index (χ0v) is 6.15. The quantitative estimate of drug-likeness (QED) is 0.666. The summed E-state index contributed by atoms with van der Waals surface area (Å²) < 4.78 is 24.4. The van der Waals surface area contributed by atoms with E-state index in [0.29, 0.717) is 12.8 Å². The number of hydrogen-bond acceptors (Lipinski definition) is 1. The van der Waals surface area contributed by atoms with Crippen molar-refractivity contribution in [2.45, 2.75) is 31.6 Å². The molecular formula is C7H11F2NO. The van der Waals surface area contributed by atoms with Gasteiger partial charge in [-0.05, 0) is 12.8 Å². The first-order valence-electron chi connectivity index (χ1n) is 3.68. The molecular weight excluding hydrogens is 152 g/mol. The van der Waals surface area contributed by atoms with Crippen LogP contribution in [0.3, 0.4) is 0 Å². The van der Waals surface area contributed by atoms with Crippen LogP contribution in [0.4, 0.5) is 8.78 Å². The van der Waals surface area contributed by atoms with Gasteiger partial charge < -0.3 is 5.73 Å². The SMILES string of the molecule is NC(=O)CCCC1CC1(F)F. The van der Waals surface area contributed by atoms with Gasteiger partial charge >= 0.3 is 0 Å². The fourth-order valence-electron chi connectivity index (χ4n) is 1.11. The first-order chi connectivity index (χ1) is 5.02. The zero-order valence-electron chi connectivity index (χ0n) is 6.15. The van der Waals surface area contributed by atoms with Crippen LogP contribution in [0.25, 0.3) is 0 Å². The Morgan fingerprint density at radius 3 is 2.55 bits per heavy atom. The Labute approximate surface area is 63.8 Å². The highest BCUT2D eigenvalue weighted by Gasteiger charge is 2.55. The van der Waals surface area contributed by atoms with Crippen LogP contribution in [0.1, 0.15) is 25.7 Å². The minimum Gasteiger partial charge on any atom is -0.370 e. The van der Waals surface area contributed by atoms with E-state index in [2.05, 4.69) is 0 Å². The van der Waals surface area contributed by atoms with Gasteiger partial charge in [0.25, 0.3) is 5.92 Å². The van der Waals surface area contributed by atoms with Crippen LogP contribution >= 0.6 is 0 Å². The summed E-state index contributed by atoms with van der Waals surface area (Å²) >= 11 is 0. The molecule has 1 unspecified atom stereocenters. The van der Waals surface area contributed by atoms with E-state index in [1.165, 1.54) is 0 Å². The van der Waals surface area contributed by atoms with E-state index in [1.54, 1.807) is 0 Å². The summed E-state index contributed by atoms with van der Waals surface area (Å²) in [5.74, 6) is -3.34. The number of rotatable bonds is 4. The van der Waals surface area contributed by atoms with E-state index in [9.17, 15) is 13.6 Å². The standard InChI is InChI=1S/C7H11F2NO/c8-7(9)4-5(7)2-1-3-6(10)11/h5H,1-4H2,(H2,10,11). The molecule has 0 aromatic rings. The van der Waals surface area contributed by atoms with Crippen LogP contribution in [0.15, 0.2) is 0 Å². The number of amides is 1. The molecule has 0 radical (unpaired) electrons. The van der Waals surface area contributed by atoms with Crippen molar-refractivity contribution in [3.63, 3.8) is 0 Å². The molecule has 0 aromatic heterocycles. The molecule has 1 rings (SSSR count). The normalized spacial score (nSPS) is 26.5. The molecule has 4 heteroatoms. The minimum atomic E-state index is -2.45. The van der Waals surface area contributed by atoms with Gasteiger partial charge in [-0.1, -0.05) is 0 Å². The molecule has 0 aromatic carbocycles. The van der Waals surface area contributed by atoms with E-state index < -0.39 is 17.7 Å². The van der Waals surface area contributed by atoms with Crippen molar-refractivity contribution in [1.29, 1.82) is 0 Å². The van der Waals surface area contributed by atoms with Crippen LogP contribution in [0.2, 0.25) is 0 Å². The second-order valence-corrected chi connectivity index (χ2v) is 3.02. The number of halogens is 2. The maximum atomic E-state index is 12.2. The summed E-state index contributed by atoms with van der Waals surface area (Å²) in [7, 11) is 0. The molecule has 1 aliphatic rings. The fourth-order valence-corrected chi connectivity index (χ4v) is 1.11. The molecule has 0 saturated heterocycles. The van der Waals surface area contributed by atoms with Gasteiger partial charge in [0.2, 0.25) is 5.91 Å². The predicted octanol–water partition coefficient (Wildman–Crippen LogP) is 1.30. The fraction of sp³-hybridized carbons (Fsp3) is 0.857. The first-order valence-corrected chi connectivity index (χ1v) is 3.68. The summed E-state index contributed by atoms with van der Waals surface area (Å²) in [5, 5.41) is 0. The number of hydrogen-bond donors (Lipinski definition) is 1. The second-order valence-electron chi connectivity index (χ2n) is 3.02. The van der Waals surface area contributed by atoms with E-state index in [0.717, 1.165) is 0 Å². The van der Waals surface area contributed by atoms with Crippen molar-refractivity contribution < 1.29 is 13.6 Å². The van der Waals surface area contributed by atoms with Gasteiger partial charge in [-0.3, -0.25) is 4.79 Å². The molecule has 1 saturated carbocycles. The minimum absolute atomic E-state index is 0.00817. The summed E-state index contributed by atoms with van der Waals surface area (Å²) in [5.41, 5.74) is 4.84. The Hall–Kier alpha value is -0.670. The van der Waals surface area contributed by atoms with Crippen LogP contribution in [0, 0.1) is 5.92 Å². The number of carbonyl (C=O) groups excluding carboxylic acids is 1. The molecule has 0 spiro atoms. The van der Waals surface area contributed by atoms with Crippen molar-refractivity contribution in [3.05, 3.63) is 0 Å². The van der Waals surface area contributed by atoms with Crippen molar-refractivity contribution in [2.24, 2.45) is 11.7 Å². The highest BCUT2D eigenvalue weighted by Crippen LogP contribution is 2.51. The molecule has 1 aliphatic carbocycles. The second kappa shape index (κ2) is 2.75. The lowest BCUT2D eigenvalue weighted by molar-refractivity contribution is -0.118. The summed E-state index contributed by atoms with van der Waals surface area (Å²) in [6, 6.07) is 0. The van der Waals surface area contributed by atoms with Crippen LogP contribution < -0.4 is 5.73 Å². The van der Waals surface area contributed by atoms with Gasteiger partial charge in [0.05, 0.1) is 0 Å². The maximum Gasteiger partial charge on any atom is 0.251 e. The lowest BCUT2D eigenvalue weighted by Crippen LogP contribution is -2.10. The van der Waals surface area contributed by atoms with Gasteiger partial charge in [0.15, 0.2) is 0 Å². The predicted molar refractivity (Wildman–Crippen MR) is 36.1 cm³/mol. The monoisotopic (exact) mass is 163 g/mol. The van der Waals surface area contributed by atoms with E-state index >= 15 is 0 Å². The number of alkyl halides is 2. The van der Waals surface area contributed by atoms with Gasteiger partial charge in [0.1, 0.15) is 0 Å². The Morgan fingerprint density at radius 2 is 2.18 bits per heavy atom. The summed E-state index contributed by atoms with van der Waals surface area (Å²) in [4.78, 5) is 10.2. The average molecular weight is 163 g/mol. The molecule has 0 bridgehead atoms. The highest BCUT2D eigenvalue weighted by atomic mass is 19.3. The van der Waals surface area contributed by atoms with E-state index in [-0.39, 0.29) is 12.8 Å². The van der Waals surface area contributed by atoms with E-state index in [4.69, 9.17) is 5.73 Å². The molecule has 1 atom stereocenters. The Bertz CT molecular complexity index is 170. The van der Waals surface area contributed by atoms with Gasteiger partial charge in [0, 0.05) is 18.8 Å². The van der Waals surface area contributed by atoms with Crippen LogP contribution in [0.5, 0.6) is 0 Å². The van der Waals surface area contributed by atoms with Gasteiger partial charge in [-0.15, -0.1) is 0 Å². The molecule has 11 heavy (non-hydrogen) atoms. The zero-order chi connectivity index (χ0) is 8.48. The molecule has 2 nitrogen and oxygen atoms in total. The summed E-state index contributed by atoms with van der Waals surface area (Å²) in [6.07, 6.45) is 1.14. The Kier molecular flexibility index (Phi) is 2.11. The molecule has 64 valence electrons. The van der Waals surface area contributed by atoms with Crippen molar-refractivity contribution in [3.8, 4) is 0 Å². The molecule has 0 aliphatic heterocycles. The van der Waals surface area contributed by atoms with Gasteiger partial charge in [-0.25, -0.2) is 8.78 Å². The number of nitrogens with two attached hydrogens (primary N) is 1. The molecule has 1 amide bonds. The lowest BCUT2D eigenvalue weighted by atomic mass is 10.2. The smallest absolute Gasteiger partial charge is 0.251 e. The molecule has 1 fully saturated rings. The third-order valence-electron chi connectivity index (χ3n) is 1.93. The first kappa shape index (κ1) is 8.43. The van der Waals surface area contributed by atoms with Gasteiger partial charge in [-0.2, -0.15) is 0 Å². The third-order valence-corrected chi connectivity index (χ3v) is 1.93. The highest BCUT2D eigenvalue weighted by molar-refractivity contribution is 5.73. The Morgan fingerprint density at radius 1 is 1.64 bits per heavy atom. The Balaban J connectivity index is 2.02. The molecule has 2 N–H and O–H groups in total. The topological polar surface area (TPSA) is 43.1 Å². The van der Waals surface area contributed by atoms with E-state index in [1.807, 2.05) is 0 Å². The molecule has 0 heterocycles. The lowest BCUT2D eigenvalue weighted by Gasteiger charge is -1.95.